The van der Waals surface area contributed by atoms with Crippen LogP contribution in [0.4, 0.5) is 17.6 Å². The first kappa shape index (κ1) is 22.8. The maximum atomic E-state index is 15.0. The average molecular weight is 438 g/mol. The van der Waals surface area contributed by atoms with E-state index in [1.165, 1.54) is 24.3 Å². The van der Waals surface area contributed by atoms with Gasteiger partial charge in [-0.3, -0.25) is 0 Å². The smallest absolute Gasteiger partial charge is 0.338 e. The number of hydrogen-bond acceptors (Lipinski definition) is 4. The van der Waals surface area contributed by atoms with Crippen molar-refractivity contribution in [2.45, 2.75) is 43.9 Å². The van der Waals surface area contributed by atoms with E-state index >= 15 is 8.78 Å². The van der Waals surface area contributed by atoms with Crippen molar-refractivity contribution in [1.29, 1.82) is 0 Å². The second-order valence-electron chi connectivity index (χ2n) is 7.89. The van der Waals surface area contributed by atoms with Gasteiger partial charge in [0.25, 0.3) is 0 Å². The Morgan fingerprint density at radius 2 is 1.03 bits per heavy atom. The van der Waals surface area contributed by atoms with E-state index in [4.69, 9.17) is 9.47 Å². The van der Waals surface area contributed by atoms with Crippen molar-refractivity contribution in [3.63, 3.8) is 0 Å². The molecule has 0 saturated heterocycles. The molecule has 0 N–H and O–H groups in total. The Morgan fingerprint density at radius 3 is 1.35 bits per heavy atom. The highest BCUT2D eigenvalue weighted by Crippen LogP contribution is 2.55. The molecule has 2 aromatic rings. The van der Waals surface area contributed by atoms with Crippen LogP contribution in [0, 0.1) is 13.8 Å². The van der Waals surface area contributed by atoms with Crippen molar-refractivity contribution in [3.05, 3.63) is 70.8 Å². The lowest BCUT2D eigenvalue weighted by molar-refractivity contribution is -0.207. The molecule has 2 atom stereocenters. The second kappa shape index (κ2) is 8.32. The molecule has 0 heterocycles. The lowest BCUT2D eigenvalue weighted by Gasteiger charge is -2.33. The van der Waals surface area contributed by atoms with Gasteiger partial charge in [-0.15, -0.1) is 0 Å². The van der Waals surface area contributed by atoms with Crippen molar-refractivity contribution in [2.24, 2.45) is 0 Å². The summed E-state index contributed by atoms with van der Waals surface area (Å²) in [5.41, 5.74) is -4.98. The zero-order valence-electron chi connectivity index (χ0n) is 17.1. The van der Waals surface area contributed by atoms with Crippen molar-refractivity contribution in [3.8, 4) is 0 Å². The fourth-order valence-electron chi connectivity index (χ4n) is 3.34. The van der Waals surface area contributed by atoms with Crippen LogP contribution in [0.15, 0.2) is 48.5 Å². The van der Waals surface area contributed by atoms with Crippen molar-refractivity contribution in [2.75, 3.05) is 13.2 Å². The number of ether oxygens (including phenoxy) is 2. The van der Waals surface area contributed by atoms with E-state index < -0.39 is 55.3 Å². The van der Waals surface area contributed by atoms with Crippen LogP contribution in [0.2, 0.25) is 0 Å². The number of alkyl halides is 4. The van der Waals surface area contributed by atoms with Crippen LogP contribution in [-0.2, 0) is 9.47 Å². The van der Waals surface area contributed by atoms with Gasteiger partial charge in [-0.05, 0) is 51.0 Å². The number of halogens is 4. The Labute approximate surface area is 177 Å². The Morgan fingerprint density at radius 1 is 0.710 bits per heavy atom. The molecule has 1 saturated carbocycles. The van der Waals surface area contributed by atoms with E-state index in [2.05, 4.69) is 0 Å². The first-order valence-corrected chi connectivity index (χ1v) is 9.71. The summed E-state index contributed by atoms with van der Waals surface area (Å²) in [6.45, 7) is 0.947. The minimum atomic E-state index is -4.53. The van der Waals surface area contributed by atoms with Crippen LogP contribution in [-0.4, -0.2) is 42.4 Å². The van der Waals surface area contributed by atoms with Crippen LogP contribution in [0.1, 0.15) is 44.7 Å². The molecule has 3 rings (SSSR count). The maximum Gasteiger partial charge on any atom is 0.338 e. The zero-order valence-corrected chi connectivity index (χ0v) is 17.1. The maximum absolute atomic E-state index is 15.0. The highest BCUT2D eigenvalue weighted by molar-refractivity contribution is 5.90. The van der Waals surface area contributed by atoms with Gasteiger partial charge >= 0.3 is 17.9 Å². The predicted octanol–water partition coefficient (Wildman–Crippen LogP) is 5.16. The number of hydrogen-bond donors (Lipinski definition) is 0. The molecule has 0 bridgehead atoms. The molecule has 4 nitrogen and oxygen atoms in total. The molecule has 0 aromatic heterocycles. The van der Waals surface area contributed by atoms with E-state index in [1.54, 1.807) is 38.1 Å². The summed E-state index contributed by atoms with van der Waals surface area (Å²) in [7, 11) is 0. The lowest BCUT2D eigenvalue weighted by Crippen LogP contribution is -2.55. The Bertz CT molecular complexity index is 881. The van der Waals surface area contributed by atoms with Crippen LogP contribution >= 0.6 is 0 Å². The third kappa shape index (κ3) is 4.43. The molecule has 2 unspecified atom stereocenters. The van der Waals surface area contributed by atoms with Crippen LogP contribution in [0.5, 0.6) is 0 Å². The highest BCUT2D eigenvalue weighted by atomic mass is 19.3. The number of esters is 2. The number of rotatable bonds is 6. The Balaban J connectivity index is 1.64. The summed E-state index contributed by atoms with van der Waals surface area (Å²) in [4.78, 5) is 24.1. The SMILES string of the molecule is Cc1ccc(C(=O)OCC2(F)CCC(F)(COC(=O)c3ccc(C)cc3)C2(F)F)cc1. The fourth-order valence-corrected chi connectivity index (χ4v) is 3.34. The molecule has 1 aliphatic rings. The quantitative estimate of drug-likeness (QED) is 0.462. The van der Waals surface area contributed by atoms with Gasteiger partial charge in [-0.25, -0.2) is 18.4 Å². The number of aryl methyl sites for hydroxylation is 2. The van der Waals surface area contributed by atoms with Gasteiger partial charge in [0.05, 0.1) is 11.1 Å². The molecule has 1 fully saturated rings. The van der Waals surface area contributed by atoms with Crippen LogP contribution in [0.25, 0.3) is 0 Å². The van der Waals surface area contributed by atoms with Gasteiger partial charge in [-0.2, -0.15) is 8.78 Å². The zero-order chi connectivity index (χ0) is 22.9. The molecule has 0 aliphatic heterocycles. The Hall–Kier alpha value is -2.90. The summed E-state index contributed by atoms with van der Waals surface area (Å²) in [5.74, 6) is -6.51. The first-order chi connectivity index (χ1) is 14.5. The van der Waals surface area contributed by atoms with Crippen LogP contribution in [0.3, 0.4) is 0 Å². The summed E-state index contributed by atoms with van der Waals surface area (Å²) in [5, 5.41) is 0. The second-order valence-corrected chi connectivity index (χ2v) is 7.89. The van der Waals surface area contributed by atoms with E-state index in [9.17, 15) is 18.4 Å². The minimum Gasteiger partial charge on any atom is -0.458 e. The number of benzene rings is 2. The molecule has 166 valence electrons. The van der Waals surface area contributed by atoms with Crippen molar-refractivity contribution < 1.29 is 36.6 Å². The molecule has 1 aliphatic carbocycles. The standard InChI is InChI=1S/C23H22F4O4/c1-15-3-7-17(8-4-15)19(28)30-13-21(24)11-12-22(25,23(21,26)27)14-31-20(29)18-9-5-16(2)6-10-18/h3-10H,11-14H2,1-2H3. The van der Waals surface area contributed by atoms with E-state index in [1.807, 2.05) is 0 Å². The first-order valence-electron chi connectivity index (χ1n) is 9.71. The van der Waals surface area contributed by atoms with Gasteiger partial charge in [-0.1, -0.05) is 35.4 Å². The molecule has 31 heavy (non-hydrogen) atoms. The molecular weight excluding hydrogens is 416 g/mol. The van der Waals surface area contributed by atoms with Gasteiger partial charge < -0.3 is 9.47 Å². The Kier molecular flexibility index (Phi) is 6.11. The van der Waals surface area contributed by atoms with Gasteiger partial charge in [0.15, 0.2) is 0 Å². The van der Waals surface area contributed by atoms with Gasteiger partial charge in [0.1, 0.15) is 13.2 Å². The average Bonchev–Trinajstić information content (AvgIpc) is 2.92. The third-order valence-electron chi connectivity index (χ3n) is 5.48. The van der Waals surface area contributed by atoms with Crippen molar-refractivity contribution in [1.82, 2.24) is 0 Å². The van der Waals surface area contributed by atoms with Crippen LogP contribution < -0.4 is 0 Å². The largest absolute Gasteiger partial charge is 0.458 e. The number of carbonyl (C=O) groups is 2. The topological polar surface area (TPSA) is 52.6 Å². The van der Waals surface area contributed by atoms with E-state index in [0.29, 0.717) is 0 Å². The molecule has 0 spiro atoms. The highest BCUT2D eigenvalue weighted by Gasteiger charge is 2.74. The van der Waals surface area contributed by atoms with Gasteiger partial charge in [0.2, 0.25) is 11.3 Å². The monoisotopic (exact) mass is 438 g/mol. The third-order valence-corrected chi connectivity index (χ3v) is 5.48. The summed E-state index contributed by atoms with van der Waals surface area (Å²) < 4.78 is 68.9. The molecule has 0 amide bonds. The molecule has 0 radical (unpaired) electrons. The summed E-state index contributed by atoms with van der Waals surface area (Å²) >= 11 is 0. The number of carbonyl (C=O) groups excluding carboxylic acids is 2. The minimum absolute atomic E-state index is 0.0639. The molecular formula is C23H22F4O4. The molecule has 8 heteroatoms. The van der Waals surface area contributed by atoms with E-state index in [0.717, 1.165) is 11.1 Å². The van der Waals surface area contributed by atoms with Gasteiger partial charge in [0, 0.05) is 0 Å². The lowest BCUT2D eigenvalue weighted by atomic mass is 9.95. The summed E-state index contributed by atoms with van der Waals surface area (Å²) in [6, 6.07) is 12.1. The molecule has 2 aromatic carbocycles. The van der Waals surface area contributed by atoms with E-state index in [-0.39, 0.29) is 11.1 Å². The fraction of sp³-hybridized carbons (Fsp3) is 0.391. The van der Waals surface area contributed by atoms with Crippen molar-refractivity contribution >= 4 is 11.9 Å². The normalized spacial score (nSPS) is 24.6. The summed E-state index contributed by atoms with van der Waals surface area (Å²) in [6.07, 6.45) is -1.78. The predicted molar refractivity (Wildman–Crippen MR) is 105 cm³/mol.